The molecule has 0 radical (unpaired) electrons. The van der Waals surface area contributed by atoms with Gasteiger partial charge in [0.15, 0.2) is 0 Å². The smallest absolute Gasteiger partial charge is 0.267 e. The van der Waals surface area contributed by atoms with Crippen LogP contribution in [0, 0.1) is 0 Å². The Hall–Kier alpha value is -3.86. The normalized spacial score (nSPS) is 11.8. The fraction of sp³-hybridized carbons (Fsp3) is 0. The standard InChI is InChI=1S/C28H20Cl2N2O2/c29-23(17-19-9-3-1-4-10-19)27(33)31-25-15-7-14-22-21(25)13-8-16-26(22)32-28(34)24(30)18-20-11-5-2-6-12-20/h1-18H,(H,31,33)(H,32,34). The number of fused-ring (bicyclic) bond motifs is 1. The van der Waals surface area contributed by atoms with Gasteiger partial charge in [-0.3, -0.25) is 9.59 Å². The van der Waals surface area contributed by atoms with Crippen LogP contribution in [-0.4, -0.2) is 11.8 Å². The van der Waals surface area contributed by atoms with Crippen molar-refractivity contribution in [1.29, 1.82) is 0 Å². The summed E-state index contributed by atoms with van der Waals surface area (Å²) in [6.45, 7) is 0. The first kappa shape index (κ1) is 23.3. The van der Waals surface area contributed by atoms with Crippen molar-refractivity contribution in [2.24, 2.45) is 0 Å². The fourth-order valence-corrected chi connectivity index (χ4v) is 3.76. The average Bonchev–Trinajstić information content (AvgIpc) is 2.85. The minimum Gasteiger partial charge on any atom is -0.321 e. The second-order valence-electron chi connectivity index (χ2n) is 7.42. The van der Waals surface area contributed by atoms with Crippen LogP contribution in [0.2, 0.25) is 0 Å². The van der Waals surface area contributed by atoms with Gasteiger partial charge in [-0.15, -0.1) is 0 Å². The monoisotopic (exact) mass is 486 g/mol. The third kappa shape index (κ3) is 5.73. The van der Waals surface area contributed by atoms with Gasteiger partial charge in [0.1, 0.15) is 10.1 Å². The summed E-state index contributed by atoms with van der Waals surface area (Å²) in [6, 6.07) is 29.6. The molecule has 4 aromatic rings. The molecule has 0 saturated carbocycles. The molecule has 0 saturated heterocycles. The van der Waals surface area contributed by atoms with E-state index in [1.807, 2.05) is 72.8 Å². The van der Waals surface area contributed by atoms with Crippen LogP contribution in [0.5, 0.6) is 0 Å². The molecule has 0 aliphatic rings. The molecule has 4 rings (SSSR count). The number of amides is 2. The molecule has 34 heavy (non-hydrogen) atoms. The largest absolute Gasteiger partial charge is 0.321 e. The predicted octanol–water partition coefficient (Wildman–Crippen LogP) is 7.28. The SMILES string of the molecule is O=C(Nc1cccc2c(NC(=O)C(Cl)=Cc3ccccc3)cccc12)C(Cl)=Cc1ccccc1. The molecule has 2 amide bonds. The minimum absolute atomic E-state index is 0.0606. The molecule has 0 fully saturated rings. The number of hydrogen-bond acceptors (Lipinski definition) is 2. The van der Waals surface area contributed by atoms with E-state index < -0.39 is 11.8 Å². The summed E-state index contributed by atoms with van der Waals surface area (Å²) in [5.74, 6) is -0.859. The lowest BCUT2D eigenvalue weighted by Gasteiger charge is -2.12. The zero-order valence-corrected chi connectivity index (χ0v) is 19.5. The molecule has 4 nitrogen and oxygen atoms in total. The molecule has 0 atom stereocenters. The number of halogens is 2. The van der Waals surface area contributed by atoms with E-state index in [1.165, 1.54) is 0 Å². The van der Waals surface area contributed by atoms with Crippen LogP contribution in [0.4, 0.5) is 11.4 Å². The van der Waals surface area contributed by atoms with Crippen LogP contribution in [0.15, 0.2) is 107 Å². The highest BCUT2D eigenvalue weighted by Crippen LogP contribution is 2.30. The lowest BCUT2D eigenvalue weighted by atomic mass is 10.1. The number of carbonyl (C=O) groups is 2. The minimum atomic E-state index is -0.429. The summed E-state index contributed by atoms with van der Waals surface area (Å²) < 4.78 is 0. The number of hydrogen-bond donors (Lipinski definition) is 2. The molecule has 0 heterocycles. The maximum absolute atomic E-state index is 12.7. The molecule has 0 spiro atoms. The summed E-state index contributed by atoms with van der Waals surface area (Å²) >= 11 is 12.5. The molecule has 168 valence electrons. The second-order valence-corrected chi connectivity index (χ2v) is 8.23. The van der Waals surface area contributed by atoms with E-state index in [1.54, 1.807) is 36.4 Å². The van der Waals surface area contributed by atoms with Crippen molar-refractivity contribution in [3.05, 3.63) is 118 Å². The van der Waals surface area contributed by atoms with E-state index in [9.17, 15) is 9.59 Å². The molecule has 0 aliphatic carbocycles. The molecule has 4 aromatic carbocycles. The fourth-order valence-electron chi connectivity index (χ4n) is 3.41. The van der Waals surface area contributed by atoms with Crippen LogP contribution >= 0.6 is 23.2 Å². The lowest BCUT2D eigenvalue weighted by molar-refractivity contribution is -0.113. The zero-order valence-electron chi connectivity index (χ0n) is 18.0. The number of carbonyl (C=O) groups excluding carboxylic acids is 2. The number of rotatable bonds is 6. The van der Waals surface area contributed by atoms with Gasteiger partial charge in [0.05, 0.1) is 0 Å². The number of benzene rings is 4. The molecule has 0 unspecified atom stereocenters. The van der Waals surface area contributed by atoms with Gasteiger partial charge in [0.2, 0.25) is 0 Å². The Kier molecular flexibility index (Phi) is 7.43. The molecule has 6 heteroatoms. The molecular formula is C28H20Cl2N2O2. The third-order valence-electron chi connectivity index (χ3n) is 5.04. The molecule has 0 aromatic heterocycles. The van der Waals surface area contributed by atoms with Crippen LogP contribution in [0.25, 0.3) is 22.9 Å². The Balaban J connectivity index is 1.56. The highest BCUT2D eigenvalue weighted by atomic mass is 35.5. The van der Waals surface area contributed by atoms with E-state index >= 15 is 0 Å². The summed E-state index contributed by atoms with van der Waals surface area (Å²) in [5, 5.41) is 7.33. The predicted molar refractivity (Wildman–Crippen MR) is 142 cm³/mol. The van der Waals surface area contributed by atoms with Gasteiger partial charge >= 0.3 is 0 Å². The zero-order chi connectivity index (χ0) is 23.9. The number of nitrogens with one attached hydrogen (secondary N) is 2. The highest BCUT2D eigenvalue weighted by molar-refractivity contribution is 6.46. The molecule has 2 N–H and O–H groups in total. The average molecular weight is 487 g/mol. The van der Waals surface area contributed by atoms with Crippen LogP contribution in [0.3, 0.4) is 0 Å². The maximum atomic E-state index is 12.7. The van der Waals surface area contributed by atoms with E-state index in [2.05, 4.69) is 10.6 Å². The Morgan fingerprint density at radius 1 is 0.529 bits per heavy atom. The summed E-state index contributed by atoms with van der Waals surface area (Å²) in [7, 11) is 0. The topological polar surface area (TPSA) is 58.2 Å². The van der Waals surface area contributed by atoms with Crippen LogP contribution in [-0.2, 0) is 9.59 Å². The van der Waals surface area contributed by atoms with E-state index in [0.29, 0.717) is 11.4 Å². The van der Waals surface area contributed by atoms with E-state index in [0.717, 1.165) is 21.9 Å². The van der Waals surface area contributed by atoms with Gasteiger partial charge in [0, 0.05) is 22.1 Å². The van der Waals surface area contributed by atoms with Crippen molar-refractivity contribution in [3.63, 3.8) is 0 Å². The van der Waals surface area contributed by atoms with Crippen molar-refractivity contribution in [3.8, 4) is 0 Å². The van der Waals surface area contributed by atoms with Gasteiger partial charge < -0.3 is 10.6 Å². The van der Waals surface area contributed by atoms with Gasteiger partial charge in [0.25, 0.3) is 11.8 Å². The van der Waals surface area contributed by atoms with Gasteiger partial charge in [-0.05, 0) is 35.4 Å². The Bertz CT molecular complexity index is 1290. The first-order chi connectivity index (χ1) is 16.5. The third-order valence-corrected chi connectivity index (χ3v) is 5.60. The Labute approximate surface area is 207 Å². The van der Waals surface area contributed by atoms with Crippen molar-refractivity contribution in [2.45, 2.75) is 0 Å². The molecular weight excluding hydrogens is 467 g/mol. The first-order valence-corrected chi connectivity index (χ1v) is 11.3. The summed E-state index contributed by atoms with van der Waals surface area (Å²) in [5.41, 5.74) is 2.80. The quantitative estimate of drug-likeness (QED) is 0.281. The van der Waals surface area contributed by atoms with Crippen molar-refractivity contribution >= 4 is 69.3 Å². The lowest BCUT2D eigenvalue weighted by Crippen LogP contribution is -2.13. The summed E-state index contributed by atoms with van der Waals surface area (Å²) in [6.07, 6.45) is 3.21. The summed E-state index contributed by atoms with van der Waals surface area (Å²) in [4.78, 5) is 25.4. The first-order valence-electron chi connectivity index (χ1n) is 10.5. The highest BCUT2D eigenvalue weighted by Gasteiger charge is 2.13. The Morgan fingerprint density at radius 3 is 1.29 bits per heavy atom. The number of anilines is 2. The van der Waals surface area contributed by atoms with Crippen molar-refractivity contribution < 1.29 is 9.59 Å². The second kappa shape index (κ2) is 10.8. The van der Waals surface area contributed by atoms with Gasteiger partial charge in [-0.2, -0.15) is 0 Å². The molecule has 0 bridgehead atoms. The maximum Gasteiger partial charge on any atom is 0.267 e. The van der Waals surface area contributed by atoms with Crippen molar-refractivity contribution in [2.75, 3.05) is 10.6 Å². The van der Waals surface area contributed by atoms with E-state index in [4.69, 9.17) is 23.2 Å². The van der Waals surface area contributed by atoms with Crippen molar-refractivity contribution in [1.82, 2.24) is 0 Å². The van der Waals surface area contributed by atoms with Gasteiger partial charge in [-0.1, -0.05) is 108 Å². The van der Waals surface area contributed by atoms with E-state index in [-0.39, 0.29) is 10.1 Å². The Morgan fingerprint density at radius 2 is 0.912 bits per heavy atom. The molecule has 0 aliphatic heterocycles. The van der Waals surface area contributed by atoms with Crippen LogP contribution in [0.1, 0.15) is 11.1 Å². The van der Waals surface area contributed by atoms with Gasteiger partial charge in [-0.25, -0.2) is 0 Å². The van der Waals surface area contributed by atoms with Crippen LogP contribution < -0.4 is 10.6 Å².